The fourth-order valence-electron chi connectivity index (χ4n) is 1.25. The third-order valence-corrected chi connectivity index (χ3v) is 2.03. The fraction of sp³-hybridized carbons (Fsp3) is 0.222. The molecule has 0 atom stereocenters. The molecule has 2 aromatic rings. The van der Waals surface area contributed by atoms with Crippen molar-refractivity contribution in [3.63, 3.8) is 0 Å². The molecule has 5 nitrogen and oxygen atoms in total. The second kappa shape index (κ2) is 3.55. The summed E-state index contributed by atoms with van der Waals surface area (Å²) >= 11 is 0. The minimum absolute atomic E-state index is 0.107. The lowest BCUT2D eigenvalue weighted by molar-refractivity contribution is 0.267. The van der Waals surface area contributed by atoms with E-state index in [1.165, 1.54) is 0 Å². The van der Waals surface area contributed by atoms with E-state index in [2.05, 4.69) is 15.2 Å². The van der Waals surface area contributed by atoms with Gasteiger partial charge in [-0.3, -0.25) is 4.98 Å². The number of hydrogen-bond donors (Lipinski definition) is 1. The van der Waals surface area contributed by atoms with Gasteiger partial charge in [0.1, 0.15) is 6.61 Å². The zero-order chi connectivity index (χ0) is 9.97. The van der Waals surface area contributed by atoms with E-state index in [1.807, 2.05) is 19.2 Å². The summed E-state index contributed by atoms with van der Waals surface area (Å²) < 4.78 is 1.75. The van der Waals surface area contributed by atoms with E-state index in [0.717, 1.165) is 5.56 Å². The first-order valence-corrected chi connectivity index (χ1v) is 4.22. The Bertz CT molecular complexity index is 424. The monoisotopic (exact) mass is 190 g/mol. The Balaban J connectivity index is 2.48. The maximum absolute atomic E-state index is 8.94. The van der Waals surface area contributed by atoms with E-state index in [0.29, 0.717) is 11.6 Å². The van der Waals surface area contributed by atoms with Crippen molar-refractivity contribution in [2.45, 2.75) is 6.61 Å². The molecule has 2 rings (SSSR count). The molecule has 0 unspecified atom stereocenters. The Hall–Kier alpha value is -1.75. The third-order valence-electron chi connectivity index (χ3n) is 2.03. The quantitative estimate of drug-likeness (QED) is 0.743. The number of aromatic nitrogens is 4. The van der Waals surface area contributed by atoms with Gasteiger partial charge in [0.05, 0.1) is 0 Å². The van der Waals surface area contributed by atoms with Gasteiger partial charge in [-0.25, -0.2) is 0 Å². The van der Waals surface area contributed by atoms with Crippen LogP contribution in [0.25, 0.3) is 11.4 Å². The smallest absolute Gasteiger partial charge is 0.165 e. The number of rotatable bonds is 2. The van der Waals surface area contributed by atoms with Crippen molar-refractivity contribution < 1.29 is 5.11 Å². The van der Waals surface area contributed by atoms with Gasteiger partial charge in [-0.15, -0.1) is 10.2 Å². The van der Waals surface area contributed by atoms with Crippen molar-refractivity contribution in [2.24, 2.45) is 7.05 Å². The maximum Gasteiger partial charge on any atom is 0.165 e. The van der Waals surface area contributed by atoms with Crippen LogP contribution in [0.15, 0.2) is 24.5 Å². The van der Waals surface area contributed by atoms with Gasteiger partial charge in [-0.1, -0.05) is 0 Å². The summed E-state index contributed by atoms with van der Waals surface area (Å²) in [5, 5.41) is 16.8. The fourth-order valence-corrected chi connectivity index (χ4v) is 1.25. The van der Waals surface area contributed by atoms with Gasteiger partial charge in [0.25, 0.3) is 0 Å². The zero-order valence-electron chi connectivity index (χ0n) is 7.75. The summed E-state index contributed by atoms with van der Waals surface area (Å²) in [6.45, 7) is -0.107. The van der Waals surface area contributed by atoms with Crippen LogP contribution in [0.2, 0.25) is 0 Å². The van der Waals surface area contributed by atoms with Gasteiger partial charge in [-0.2, -0.15) is 0 Å². The highest BCUT2D eigenvalue weighted by molar-refractivity contribution is 5.53. The molecule has 2 heterocycles. The largest absolute Gasteiger partial charge is 0.388 e. The lowest BCUT2D eigenvalue weighted by Crippen LogP contribution is -1.99. The summed E-state index contributed by atoms with van der Waals surface area (Å²) in [6.07, 6.45) is 3.41. The number of pyridine rings is 1. The third kappa shape index (κ3) is 1.38. The highest BCUT2D eigenvalue weighted by Gasteiger charge is 2.08. The molecule has 0 saturated heterocycles. The minimum atomic E-state index is -0.107. The summed E-state index contributed by atoms with van der Waals surface area (Å²) in [7, 11) is 1.81. The van der Waals surface area contributed by atoms with Crippen molar-refractivity contribution in [3.05, 3.63) is 30.4 Å². The highest BCUT2D eigenvalue weighted by atomic mass is 16.3. The summed E-state index contributed by atoms with van der Waals surface area (Å²) in [5.74, 6) is 1.26. The van der Waals surface area contributed by atoms with Gasteiger partial charge in [0, 0.05) is 25.0 Å². The van der Waals surface area contributed by atoms with Crippen molar-refractivity contribution in [3.8, 4) is 11.4 Å². The lowest BCUT2D eigenvalue weighted by atomic mass is 10.3. The molecule has 0 amide bonds. The van der Waals surface area contributed by atoms with Gasteiger partial charge in [-0.05, 0) is 12.1 Å². The van der Waals surface area contributed by atoms with Crippen LogP contribution >= 0.6 is 0 Å². The molecule has 0 aliphatic rings. The molecule has 0 aliphatic heterocycles. The van der Waals surface area contributed by atoms with Crippen molar-refractivity contribution in [1.29, 1.82) is 0 Å². The Morgan fingerprint density at radius 2 is 2.29 bits per heavy atom. The molecular weight excluding hydrogens is 180 g/mol. The van der Waals surface area contributed by atoms with Crippen LogP contribution in [0.4, 0.5) is 0 Å². The molecule has 0 spiro atoms. The van der Waals surface area contributed by atoms with Crippen LogP contribution in [0.3, 0.4) is 0 Å². The molecule has 0 bridgehead atoms. The number of nitrogens with zero attached hydrogens (tertiary/aromatic N) is 4. The number of aliphatic hydroxyl groups is 1. The van der Waals surface area contributed by atoms with Gasteiger partial charge >= 0.3 is 0 Å². The maximum atomic E-state index is 8.94. The number of aliphatic hydroxyl groups excluding tert-OH is 1. The molecule has 0 fully saturated rings. The first-order valence-electron chi connectivity index (χ1n) is 4.22. The second-order valence-corrected chi connectivity index (χ2v) is 2.90. The Kier molecular flexibility index (Phi) is 2.24. The van der Waals surface area contributed by atoms with Crippen LogP contribution in [0.1, 0.15) is 5.82 Å². The zero-order valence-corrected chi connectivity index (χ0v) is 7.75. The molecule has 2 aromatic heterocycles. The molecule has 1 N–H and O–H groups in total. The van der Waals surface area contributed by atoms with Crippen LogP contribution in [-0.4, -0.2) is 24.9 Å². The average molecular weight is 190 g/mol. The van der Waals surface area contributed by atoms with Crippen LogP contribution in [0, 0.1) is 0 Å². The lowest BCUT2D eigenvalue weighted by Gasteiger charge is -2.00. The Morgan fingerprint density at radius 3 is 2.86 bits per heavy atom. The molecule has 0 saturated carbocycles. The molecule has 72 valence electrons. The molecule has 0 aromatic carbocycles. The van der Waals surface area contributed by atoms with Crippen LogP contribution in [-0.2, 0) is 13.7 Å². The topological polar surface area (TPSA) is 63.8 Å². The highest BCUT2D eigenvalue weighted by Crippen LogP contribution is 2.14. The van der Waals surface area contributed by atoms with Crippen LogP contribution < -0.4 is 0 Å². The molecule has 14 heavy (non-hydrogen) atoms. The van der Waals surface area contributed by atoms with E-state index in [4.69, 9.17) is 5.11 Å². The van der Waals surface area contributed by atoms with E-state index >= 15 is 0 Å². The Labute approximate surface area is 81.1 Å². The molecule has 0 radical (unpaired) electrons. The standard InChI is InChI=1S/C9H10N4O/c1-13-8(6-14)11-12-9(13)7-3-2-4-10-5-7/h2-5,14H,6H2,1H3. The van der Waals surface area contributed by atoms with Crippen LogP contribution in [0.5, 0.6) is 0 Å². The van der Waals surface area contributed by atoms with Gasteiger partial charge < -0.3 is 9.67 Å². The van der Waals surface area contributed by atoms with E-state index in [-0.39, 0.29) is 6.61 Å². The van der Waals surface area contributed by atoms with Gasteiger partial charge in [0.2, 0.25) is 0 Å². The second-order valence-electron chi connectivity index (χ2n) is 2.90. The summed E-state index contributed by atoms with van der Waals surface area (Å²) in [6, 6.07) is 3.74. The first-order chi connectivity index (χ1) is 6.83. The van der Waals surface area contributed by atoms with E-state index in [1.54, 1.807) is 17.0 Å². The average Bonchev–Trinajstić information content (AvgIpc) is 2.61. The summed E-state index contributed by atoms with van der Waals surface area (Å²) in [5.41, 5.74) is 0.891. The SMILES string of the molecule is Cn1c(CO)nnc1-c1cccnc1. The van der Waals surface area contributed by atoms with Crippen molar-refractivity contribution in [2.75, 3.05) is 0 Å². The summed E-state index contributed by atoms with van der Waals surface area (Å²) in [4.78, 5) is 3.99. The minimum Gasteiger partial charge on any atom is -0.388 e. The predicted molar refractivity (Wildman–Crippen MR) is 50.2 cm³/mol. The Morgan fingerprint density at radius 1 is 1.43 bits per heavy atom. The van der Waals surface area contributed by atoms with E-state index < -0.39 is 0 Å². The van der Waals surface area contributed by atoms with Crippen molar-refractivity contribution in [1.82, 2.24) is 19.7 Å². The van der Waals surface area contributed by atoms with Gasteiger partial charge in [0.15, 0.2) is 11.6 Å². The normalized spacial score (nSPS) is 10.4. The molecule has 0 aliphatic carbocycles. The number of hydrogen-bond acceptors (Lipinski definition) is 4. The molecule has 5 heteroatoms. The predicted octanol–water partition coefficient (Wildman–Crippen LogP) is 0.369. The van der Waals surface area contributed by atoms with Crippen molar-refractivity contribution >= 4 is 0 Å². The molecular formula is C9H10N4O. The first kappa shape index (κ1) is 8.83. The van der Waals surface area contributed by atoms with E-state index in [9.17, 15) is 0 Å².